The molecule has 0 aromatic heterocycles. The molecule has 2 aromatic carbocycles. The molecule has 0 unspecified atom stereocenters. The number of hydrogen-bond acceptors (Lipinski definition) is 4. The van der Waals surface area contributed by atoms with E-state index in [1.807, 2.05) is 0 Å². The van der Waals surface area contributed by atoms with Crippen molar-refractivity contribution in [3.05, 3.63) is 64.7 Å². The molecule has 0 saturated heterocycles. The lowest BCUT2D eigenvalue weighted by molar-refractivity contribution is -0.382. The molecule has 38 heavy (non-hydrogen) atoms. The lowest BCUT2D eigenvalue weighted by atomic mass is 9.98. The highest BCUT2D eigenvalue weighted by Crippen LogP contribution is 2.55. The van der Waals surface area contributed by atoms with E-state index in [1.54, 1.807) is 0 Å². The topological polar surface area (TPSA) is 52.6 Å². The van der Waals surface area contributed by atoms with Gasteiger partial charge >= 0.3 is 33.4 Å². The normalized spacial score (nSPS) is 15.7. The van der Waals surface area contributed by atoms with Crippen LogP contribution in [0.25, 0.3) is 11.3 Å². The van der Waals surface area contributed by atoms with Crippen LogP contribution < -0.4 is 4.74 Å². The van der Waals surface area contributed by atoms with Crippen LogP contribution in [-0.4, -0.2) is 38.8 Å². The molecule has 2 aromatic rings. The van der Waals surface area contributed by atoms with E-state index >= 15 is 0 Å². The lowest BCUT2D eigenvalue weighted by Crippen LogP contribution is -2.63. The Labute approximate surface area is 207 Å². The summed E-state index contributed by atoms with van der Waals surface area (Å²) in [5.41, 5.74) is -1.09. The molecule has 0 atom stereocenters. The van der Waals surface area contributed by atoms with Crippen LogP contribution in [0.2, 0.25) is 0 Å². The van der Waals surface area contributed by atoms with Gasteiger partial charge in [-0.25, -0.2) is 8.78 Å². The molecule has 0 heterocycles. The zero-order valence-corrected chi connectivity index (χ0v) is 19.6. The molecular weight excluding hydrogens is 569 g/mol. The Bertz CT molecular complexity index is 1370. The Morgan fingerprint density at radius 3 is 1.97 bits per heavy atom. The minimum atomic E-state index is -7.52. The summed E-state index contributed by atoms with van der Waals surface area (Å²) in [6, 6.07) is 5.36. The summed E-state index contributed by atoms with van der Waals surface area (Å²) in [4.78, 5) is 0. The van der Waals surface area contributed by atoms with Crippen LogP contribution in [0.15, 0.2) is 36.4 Å². The summed E-state index contributed by atoms with van der Waals surface area (Å²) >= 11 is 0. The second kappa shape index (κ2) is 9.61. The monoisotopic (exact) mass is 584 g/mol. The van der Waals surface area contributed by atoms with Crippen LogP contribution in [0.5, 0.6) is 5.75 Å². The van der Waals surface area contributed by atoms with Gasteiger partial charge in [-0.05, 0) is 60.7 Å². The van der Waals surface area contributed by atoms with E-state index in [2.05, 4.69) is 4.18 Å². The molecule has 0 radical (unpaired) electrons. The number of alkyl halides is 9. The SMILES string of the molecule is COc1ccc2c(c1)CCCC(c1ccc(F)c(F)c1)=C2OS(=O)(=O)C(F)(F)C(F)(F)C(F)(F)C(F)(F)F. The third-order valence-corrected chi connectivity index (χ3v) is 6.87. The van der Waals surface area contributed by atoms with Crippen molar-refractivity contribution < 1.29 is 65.6 Å². The second-order valence-electron chi connectivity index (χ2n) is 8.01. The van der Waals surface area contributed by atoms with Crippen LogP contribution in [0.1, 0.15) is 29.5 Å². The molecule has 0 saturated carbocycles. The number of rotatable bonds is 7. The average molecular weight is 584 g/mol. The van der Waals surface area contributed by atoms with Crippen LogP contribution in [0, 0.1) is 11.6 Å². The summed E-state index contributed by atoms with van der Waals surface area (Å²) < 4.78 is 182. The zero-order chi connectivity index (χ0) is 28.9. The first-order valence-electron chi connectivity index (χ1n) is 10.3. The van der Waals surface area contributed by atoms with E-state index in [4.69, 9.17) is 4.74 Å². The number of methoxy groups -OCH3 is 1. The second-order valence-corrected chi connectivity index (χ2v) is 9.60. The first kappa shape index (κ1) is 29.5. The number of ether oxygens (including phenoxy) is 1. The van der Waals surface area contributed by atoms with Gasteiger partial charge in [0.15, 0.2) is 17.4 Å². The molecule has 16 heteroatoms. The number of benzene rings is 2. The average Bonchev–Trinajstić information content (AvgIpc) is 2.98. The van der Waals surface area contributed by atoms with E-state index < -0.39 is 56.4 Å². The molecule has 3 rings (SSSR count). The molecular formula is C22H15F11O4S. The fourth-order valence-electron chi connectivity index (χ4n) is 3.59. The molecule has 210 valence electrons. The van der Waals surface area contributed by atoms with Crippen molar-refractivity contribution in [2.24, 2.45) is 0 Å². The predicted molar refractivity (Wildman–Crippen MR) is 110 cm³/mol. The van der Waals surface area contributed by atoms with Gasteiger partial charge in [0.2, 0.25) is 0 Å². The van der Waals surface area contributed by atoms with E-state index in [0.717, 1.165) is 18.2 Å². The van der Waals surface area contributed by atoms with Crippen LogP contribution in [0.4, 0.5) is 48.3 Å². The predicted octanol–water partition coefficient (Wildman–Crippen LogP) is 6.95. The Morgan fingerprint density at radius 2 is 1.42 bits per heavy atom. The number of fused-ring (bicyclic) bond motifs is 1. The van der Waals surface area contributed by atoms with E-state index in [1.165, 1.54) is 13.2 Å². The Hall–Kier alpha value is -3.04. The van der Waals surface area contributed by atoms with Crippen molar-refractivity contribution in [2.45, 2.75) is 42.5 Å². The molecule has 0 aliphatic heterocycles. The Morgan fingerprint density at radius 1 is 0.789 bits per heavy atom. The van der Waals surface area contributed by atoms with Gasteiger partial charge < -0.3 is 8.92 Å². The van der Waals surface area contributed by atoms with E-state index in [9.17, 15) is 56.7 Å². The summed E-state index contributed by atoms with van der Waals surface area (Å²) in [5, 5.41) is -7.12. The van der Waals surface area contributed by atoms with Gasteiger partial charge in [-0.2, -0.15) is 47.9 Å². The van der Waals surface area contributed by atoms with Crippen molar-refractivity contribution in [3.63, 3.8) is 0 Å². The quantitative estimate of drug-likeness (QED) is 0.261. The Kier molecular flexibility index (Phi) is 7.46. The van der Waals surface area contributed by atoms with Crippen molar-refractivity contribution >= 4 is 21.5 Å². The first-order valence-corrected chi connectivity index (χ1v) is 11.7. The van der Waals surface area contributed by atoms with Crippen molar-refractivity contribution in [2.75, 3.05) is 7.11 Å². The summed E-state index contributed by atoms with van der Waals surface area (Å²) in [7, 11) is -6.09. The van der Waals surface area contributed by atoms with Crippen molar-refractivity contribution in [1.82, 2.24) is 0 Å². The fourth-order valence-corrected chi connectivity index (χ4v) is 4.55. The van der Waals surface area contributed by atoms with Gasteiger partial charge in [0.1, 0.15) is 5.75 Å². The fraction of sp³-hybridized carbons (Fsp3) is 0.364. The first-order chi connectivity index (χ1) is 17.3. The largest absolute Gasteiger partial charge is 0.497 e. The maximum atomic E-state index is 14.4. The minimum absolute atomic E-state index is 0.0469. The number of allylic oxidation sites excluding steroid dienone is 1. The van der Waals surface area contributed by atoms with Gasteiger partial charge in [0.25, 0.3) is 0 Å². The number of aryl methyl sites for hydroxylation is 1. The van der Waals surface area contributed by atoms with Crippen molar-refractivity contribution in [3.8, 4) is 5.75 Å². The molecule has 0 amide bonds. The molecule has 1 aliphatic carbocycles. The highest BCUT2D eigenvalue weighted by Gasteiger charge is 2.86. The minimum Gasteiger partial charge on any atom is -0.497 e. The van der Waals surface area contributed by atoms with Crippen LogP contribution in [-0.2, 0) is 20.7 Å². The maximum absolute atomic E-state index is 14.4. The van der Waals surface area contributed by atoms with Gasteiger partial charge in [-0.3, -0.25) is 0 Å². The van der Waals surface area contributed by atoms with Crippen molar-refractivity contribution in [1.29, 1.82) is 0 Å². The van der Waals surface area contributed by atoms with Gasteiger partial charge in [0, 0.05) is 11.1 Å². The third-order valence-electron chi connectivity index (χ3n) is 5.59. The standard InChI is InChI=1S/C22H15F11O4S/c1-36-13-6-7-15-11(9-13)3-2-4-14(12-5-8-16(23)17(24)10-12)18(15)37-38(34,35)22(32,33)20(27,28)19(25,26)21(29,30)31/h5-10H,2-4H2,1H3. The van der Waals surface area contributed by atoms with Crippen LogP contribution >= 0.6 is 0 Å². The zero-order valence-electron chi connectivity index (χ0n) is 18.8. The summed E-state index contributed by atoms with van der Waals surface area (Å²) in [5.74, 6) is -18.9. The van der Waals surface area contributed by atoms with E-state index in [-0.39, 0.29) is 41.7 Å². The highest BCUT2D eigenvalue weighted by molar-refractivity contribution is 7.88. The third kappa shape index (κ3) is 4.78. The molecule has 4 nitrogen and oxygen atoms in total. The van der Waals surface area contributed by atoms with Gasteiger partial charge in [-0.15, -0.1) is 0 Å². The highest BCUT2D eigenvalue weighted by atomic mass is 32.2. The molecule has 1 aliphatic rings. The van der Waals surface area contributed by atoms with Crippen LogP contribution in [0.3, 0.4) is 0 Å². The lowest BCUT2D eigenvalue weighted by Gasteiger charge is -2.32. The number of halogens is 11. The Balaban J connectivity index is 2.26. The summed E-state index contributed by atoms with van der Waals surface area (Å²) in [6.45, 7) is 0. The summed E-state index contributed by atoms with van der Waals surface area (Å²) in [6.07, 6.45) is -7.48. The van der Waals surface area contributed by atoms with Gasteiger partial charge in [-0.1, -0.05) is 6.07 Å². The smallest absolute Gasteiger partial charge is 0.460 e. The van der Waals surface area contributed by atoms with Gasteiger partial charge in [0.05, 0.1) is 7.11 Å². The molecule has 0 N–H and O–H groups in total. The molecule has 0 bridgehead atoms. The molecule has 0 fully saturated rings. The van der Waals surface area contributed by atoms with E-state index in [0.29, 0.717) is 12.1 Å². The number of hydrogen-bond donors (Lipinski definition) is 0. The molecule has 0 spiro atoms. The maximum Gasteiger partial charge on any atom is 0.460 e.